The summed E-state index contributed by atoms with van der Waals surface area (Å²) in [5, 5.41) is 10.9. The van der Waals surface area contributed by atoms with Gasteiger partial charge in [0.25, 0.3) is 0 Å². The first-order chi connectivity index (χ1) is 15.9. The van der Waals surface area contributed by atoms with Crippen LogP contribution in [0.3, 0.4) is 0 Å². The highest BCUT2D eigenvalue weighted by Crippen LogP contribution is 2.32. The van der Waals surface area contributed by atoms with Gasteiger partial charge in [-0.05, 0) is 37.1 Å². The first-order valence-electron chi connectivity index (χ1n) is 10.7. The van der Waals surface area contributed by atoms with Gasteiger partial charge in [0, 0.05) is 12.1 Å². The molecule has 1 aliphatic rings. The van der Waals surface area contributed by atoms with Crippen LogP contribution < -0.4 is 20.8 Å². The molecule has 1 aliphatic carbocycles. The maximum Gasteiger partial charge on any atom is 0.301 e. The van der Waals surface area contributed by atoms with Crippen LogP contribution in [0, 0.1) is 0 Å². The number of ether oxygens (including phenoxy) is 1. The highest BCUT2D eigenvalue weighted by Gasteiger charge is 2.25. The van der Waals surface area contributed by atoms with E-state index in [1.165, 1.54) is 23.9 Å². The number of rotatable bonds is 7. The predicted octanol–water partition coefficient (Wildman–Crippen LogP) is 3.78. The fourth-order valence-corrected chi connectivity index (χ4v) is 5.26. The van der Waals surface area contributed by atoms with E-state index in [0.717, 1.165) is 32.1 Å². The average molecular weight is 471 g/mol. The molecular formula is C22H26N6O4S. The summed E-state index contributed by atoms with van der Waals surface area (Å²) in [7, 11) is -2.39. The number of para-hydroxylation sites is 1. The summed E-state index contributed by atoms with van der Waals surface area (Å²) in [4.78, 5) is 12.8. The molecule has 174 valence electrons. The van der Waals surface area contributed by atoms with E-state index in [9.17, 15) is 13.2 Å². The largest absolute Gasteiger partial charge is 0.497 e. The third kappa shape index (κ3) is 4.99. The third-order valence-electron chi connectivity index (χ3n) is 5.55. The third-order valence-corrected chi connectivity index (χ3v) is 7.12. The number of methoxy groups -OCH3 is 1. The van der Waals surface area contributed by atoms with Gasteiger partial charge in [-0.1, -0.05) is 37.5 Å². The molecule has 4 rings (SSSR count). The van der Waals surface area contributed by atoms with Gasteiger partial charge >= 0.3 is 5.56 Å². The van der Waals surface area contributed by atoms with Crippen molar-refractivity contribution in [2.24, 2.45) is 10.2 Å². The Balaban J connectivity index is 1.70. The lowest BCUT2D eigenvalue weighted by molar-refractivity contribution is 0.411. The lowest BCUT2D eigenvalue weighted by Crippen LogP contribution is -2.36. The number of hydrogen-bond donors (Lipinski definition) is 3. The summed E-state index contributed by atoms with van der Waals surface area (Å²) in [6.45, 7) is 0. The normalized spacial score (nSPS) is 15.2. The Hall–Kier alpha value is -3.44. The van der Waals surface area contributed by atoms with Gasteiger partial charge in [-0.25, -0.2) is 17.8 Å². The molecule has 1 saturated carbocycles. The van der Waals surface area contributed by atoms with Gasteiger partial charge in [0.05, 0.1) is 12.8 Å². The van der Waals surface area contributed by atoms with Crippen molar-refractivity contribution < 1.29 is 13.2 Å². The Morgan fingerprint density at radius 2 is 1.82 bits per heavy atom. The number of nitrogens with two attached hydrogens (primary N) is 1. The Kier molecular flexibility index (Phi) is 6.61. The minimum absolute atomic E-state index is 0.0141. The number of benzene rings is 2. The maximum atomic E-state index is 13.1. The van der Waals surface area contributed by atoms with Crippen molar-refractivity contribution in [1.82, 2.24) is 14.5 Å². The van der Waals surface area contributed by atoms with Crippen LogP contribution in [0.5, 0.6) is 5.75 Å². The fraction of sp³-hybridized carbons (Fsp3) is 0.318. The second-order valence-corrected chi connectivity index (χ2v) is 9.52. The van der Waals surface area contributed by atoms with Crippen LogP contribution in [0.1, 0.15) is 32.1 Å². The number of nitrogens with zero attached hydrogens (tertiary/aromatic N) is 3. The molecule has 0 atom stereocenters. The van der Waals surface area contributed by atoms with Gasteiger partial charge in [-0.3, -0.25) is 9.89 Å². The number of hydrogen-bond acceptors (Lipinski definition) is 7. The van der Waals surface area contributed by atoms with Crippen molar-refractivity contribution in [3.05, 3.63) is 58.9 Å². The number of H-pyrrole nitrogens is 1. The number of nitrogens with one attached hydrogen (secondary N) is 2. The molecule has 1 heterocycles. The Morgan fingerprint density at radius 1 is 1.09 bits per heavy atom. The number of anilines is 1. The summed E-state index contributed by atoms with van der Waals surface area (Å²) in [5.74, 6) is 0.421. The predicted molar refractivity (Wildman–Crippen MR) is 125 cm³/mol. The summed E-state index contributed by atoms with van der Waals surface area (Å²) < 4.78 is 35.4. The quantitative estimate of drug-likeness (QED) is 0.450. The topological polar surface area (TPSA) is 144 Å². The Morgan fingerprint density at radius 3 is 2.52 bits per heavy atom. The van der Waals surface area contributed by atoms with E-state index in [2.05, 4.69) is 20.0 Å². The van der Waals surface area contributed by atoms with Gasteiger partial charge < -0.3 is 10.5 Å². The van der Waals surface area contributed by atoms with Crippen molar-refractivity contribution in [2.75, 3.05) is 12.8 Å². The molecule has 3 aromatic rings. The fourth-order valence-electron chi connectivity index (χ4n) is 3.84. The molecule has 0 unspecified atom stereocenters. The monoisotopic (exact) mass is 470 g/mol. The zero-order valence-corrected chi connectivity index (χ0v) is 19.0. The summed E-state index contributed by atoms with van der Waals surface area (Å²) in [5.41, 5.74) is 5.96. The van der Waals surface area contributed by atoms with Crippen LogP contribution >= 0.6 is 0 Å². The highest BCUT2D eigenvalue weighted by molar-refractivity contribution is 7.89. The zero-order chi connectivity index (χ0) is 23.4. The summed E-state index contributed by atoms with van der Waals surface area (Å²) in [6, 6.07) is 13.2. The van der Waals surface area contributed by atoms with Crippen LogP contribution in [-0.4, -0.2) is 31.3 Å². The summed E-state index contributed by atoms with van der Waals surface area (Å²) >= 11 is 0. The van der Waals surface area contributed by atoms with E-state index in [1.54, 1.807) is 30.3 Å². The van der Waals surface area contributed by atoms with Gasteiger partial charge in [0.1, 0.15) is 22.2 Å². The second kappa shape index (κ2) is 9.59. The molecule has 1 aromatic heterocycles. The van der Waals surface area contributed by atoms with Crippen molar-refractivity contribution >= 4 is 27.2 Å². The van der Waals surface area contributed by atoms with Crippen LogP contribution in [0.25, 0.3) is 5.69 Å². The number of nitrogen functional groups attached to an aromatic ring is 1. The maximum absolute atomic E-state index is 13.1. The molecule has 0 bridgehead atoms. The first kappa shape index (κ1) is 22.7. The van der Waals surface area contributed by atoms with Crippen LogP contribution in [0.4, 0.5) is 17.2 Å². The van der Waals surface area contributed by atoms with Crippen LogP contribution in [0.2, 0.25) is 0 Å². The number of sulfonamides is 1. The van der Waals surface area contributed by atoms with Gasteiger partial charge in [0.2, 0.25) is 10.0 Å². The molecule has 33 heavy (non-hydrogen) atoms. The van der Waals surface area contributed by atoms with Crippen molar-refractivity contribution in [1.29, 1.82) is 0 Å². The van der Waals surface area contributed by atoms with Crippen molar-refractivity contribution in [3.8, 4) is 11.4 Å². The van der Waals surface area contributed by atoms with Crippen LogP contribution in [0.15, 0.2) is 68.4 Å². The first-order valence-corrected chi connectivity index (χ1v) is 12.2. The van der Waals surface area contributed by atoms with E-state index < -0.39 is 15.6 Å². The van der Waals surface area contributed by atoms with E-state index in [4.69, 9.17) is 10.5 Å². The van der Waals surface area contributed by atoms with Crippen LogP contribution in [-0.2, 0) is 10.0 Å². The van der Waals surface area contributed by atoms with Crippen molar-refractivity contribution in [2.45, 2.75) is 43.0 Å². The molecule has 0 saturated heterocycles. The minimum atomic E-state index is -3.86. The lowest BCUT2D eigenvalue weighted by atomic mass is 9.96. The molecular weight excluding hydrogens is 444 g/mol. The molecule has 0 amide bonds. The SMILES string of the molecule is COc1ccc(S(=O)(=O)NC2CCCCC2)c(N=Nc2c(N)[nH]n(-c3ccccc3)c2=O)c1. The smallest absolute Gasteiger partial charge is 0.301 e. The average Bonchev–Trinajstić information content (AvgIpc) is 3.11. The van der Waals surface area contributed by atoms with Gasteiger partial charge in [-0.2, -0.15) is 0 Å². The molecule has 0 spiro atoms. The van der Waals surface area contributed by atoms with Gasteiger partial charge in [-0.15, -0.1) is 10.2 Å². The molecule has 2 aromatic carbocycles. The molecule has 11 heteroatoms. The lowest BCUT2D eigenvalue weighted by Gasteiger charge is -2.22. The number of aromatic amines is 1. The molecule has 4 N–H and O–H groups in total. The number of aromatic nitrogens is 2. The number of azo groups is 1. The second-order valence-electron chi connectivity index (χ2n) is 7.84. The molecule has 0 radical (unpaired) electrons. The highest BCUT2D eigenvalue weighted by atomic mass is 32.2. The standard InChI is InChI=1S/C22H26N6O4S/c1-32-17-12-13-19(33(30,31)27-15-8-4-2-5-9-15)18(14-17)24-25-20-21(23)26-28(22(20)29)16-10-6-3-7-11-16/h3,6-7,10-15,26-27H,2,4-5,8-9,23H2,1H3. The zero-order valence-electron chi connectivity index (χ0n) is 18.2. The van der Waals surface area contributed by atoms with E-state index in [-0.39, 0.29) is 28.1 Å². The Bertz CT molecular complexity index is 1310. The molecule has 0 aliphatic heterocycles. The summed E-state index contributed by atoms with van der Waals surface area (Å²) in [6.07, 6.45) is 4.68. The molecule has 10 nitrogen and oxygen atoms in total. The van der Waals surface area contributed by atoms with Gasteiger partial charge in [0.15, 0.2) is 5.69 Å². The minimum Gasteiger partial charge on any atom is -0.497 e. The van der Waals surface area contributed by atoms with Crippen molar-refractivity contribution in [3.63, 3.8) is 0 Å². The van der Waals surface area contributed by atoms with E-state index in [0.29, 0.717) is 11.4 Å². The van der Waals surface area contributed by atoms with E-state index in [1.807, 2.05) is 6.07 Å². The van der Waals surface area contributed by atoms with E-state index >= 15 is 0 Å². The Labute approximate surface area is 191 Å². The molecule has 1 fully saturated rings.